The molecule has 1 aromatic rings. The number of benzene rings is 1. The molecule has 6 heteroatoms. The Hall–Kier alpha value is -1.16. The first-order valence-corrected chi connectivity index (χ1v) is 9.33. The van der Waals surface area contributed by atoms with Gasteiger partial charge in [0, 0.05) is 6.42 Å². The number of hydrogen-bond donors (Lipinski definition) is 0. The van der Waals surface area contributed by atoms with Gasteiger partial charge >= 0.3 is 7.60 Å². The van der Waals surface area contributed by atoms with Crippen molar-refractivity contribution in [1.82, 2.24) is 0 Å². The van der Waals surface area contributed by atoms with Gasteiger partial charge in [-0.05, 0) is 19.4 Å². The standard InChI is InChI=1S/C16H24NO4P/c1-4-20-22(18,21-5-2)13(3)11-16-17-15(12-19-16)14-9-7-6-8-10-14/h6-10,13,15H,4-5,11-12H2,1-3H3/t13-,15+/m1/s1. The summed E-state index contributed by atoms with van der Waals surface area (Å²) in [5.74, 6) is 0.626. The Morgan fingerprint density at radius 2 is 1.91 bits per heavy atom. The van der Waals surface area contributed by atoms with Crippen LogP contribution in [0.4, 0.5) is 0 Å². The van der Waals surface area contributed by atoms with E-state index in [2.05, 4.69) is 4.99 Å². The summed E-state index contributed by atoms with van der Waals surface area (Å²) in [6, 6.07) is 10.0. The van der Waals surface area contributed by atoms with E-state index in [1.807, 2.05) is 51.1 Å². The molecule has 0 saturated carbocycles. The lowest BCUT2D eigenvalue weighted by molar-refractivity contribution is 0.212. The van der Waals surface area contributed by atoms with Gasteiger partial charge < -0.3 is 13.8 Å². The van der Waals surface area contributed by atoms with Crippen LogP contribution in [-0.2, 0) is 18.3 Å². The summed E-state index contributed by atoms with van der Waals surface area (Å²) >= 11 is 0. The average Bonchev–Trinajstić information content (AvgIpc) is 2.97. The van der Waals surface area contributed by atoms with Gasteiger partial charge in [-0.2, -0.15) is 0 Å². The molecular weight excluding hydrogens is 301 g/mol. The van der Waals surface area contributed by atoms with Crippen LogP contribution in [0.1, 0.15) is 38.8 Å². The number of ether oxygens (including phenoxy) is 1. The maximum atomic E-state index is 12.7. The topological polar surface area (TPSA) is 57.1 Å². The lowest BCUT2D eigenvalue weighted by Gasteiger charge is -2.22. The van der Waals surface area contributed by atoms with Gasteiger partial charge in [-0.1, -0.05) is 37.3 Å². The predicted octanol–water partition coefficient (Wildman–Crippen LogP) is 4.20. The predicted molar refractivity (Wildman–Crippen MR) is 87.5 cm³/mol. The third-order valence-corrected chi connectivity index (χ3v) is 6.02. The molecule has 22 heavy (non-hydrogen) atoms. The summed E-state index contributed by atoms with van der Waals surface area (Å²) in [4.78, 5) is 4.59. The normalized spacial score (nSPS) is 19.6. The minimum atomic E-state index is -3.12. The molecule has 1 aromatic carbocycles. The van der Waals surface area contributed by atoms with E-state index in [4.69, 9.17) is 13.8 Å². The number of rotatable bonds is 8. The van der Waals surface area contributed by atoms with Crippen molar-refractivity contribution in [2.75, 3.05) is 19.8 Å². The first kappa shape index (κ1) is 17.2. The fraction of sp³-hybridized carbons (Fsp3) is 0.562. The van der Waals surface area contributed by atoms with Crippen molar-refractivity contribution in [2.24, 2.45) is 4.99 Å². The van der Waals surface area contributed by atoms with E-state index < -0.39 is 7.60 Å². The van der Waals surface area contributed by atoms with Crippen molar-refractivity contribution < 1.29 is 18.3 Å². The highest BCUT2D eigenvalue weighted by Gasteiger charge is 2.34. The highest BCUT2D eigenvalue weighted by molar-refractivity contribution is 7.54. The molecule has 0 spiro atoms. The molecule has 2 atom stereocenters. The monoisotopic (exact) mass is 325 g/mol. The molecule has 0 aromatic heterocycles. The number of nitrogens with zero attached hydrogens (tertiary/aromatic N) is 1. The van der Waals surface area contributed by atoms with E-state index in [1.165, 1.54) is 0 Å². The zero-order valence-corrected chi connectivity index (χ0v) is 14.3. The van der Waals surface area contributed by atoms with Crippen LogP contribution < -0.4 is 0 Å². The molecule has 0 amide bonds. The van der Waals surface area contributed by atoms with Crippen LogP contribution >= 0.6 is 7.60 Å². The first-order valence-electron chi connectivity index (χ1n) is 7.72. The Kier molecular flexibility index (Phi) is 6.18. The second kappa shape index (κ2) is 7.91. The molecule has 2 rings (SSSR count). The van der Waals surface area contributed by atoms with Gasteiger partial charge in [0.25, 0.3) is 0 Å². The van der Waals surface area contributed by atoms with Gasteiger partial charge in [0.1, 0.15) is 12.6 Å². The van der Waals surface area contributed by atoms with Gasteiger partial charge in [-0.25, -0.2) is 4.99 Å². The van der Waals surface area contributed by atoms with E-state index in [1.54, 1.807) is 0 Å². The van der Waals surface area contributed by atoms with Crippen molar-refractivity contribution >= 4 is 13.5 Å². The summed E-state index contributed by atoms with van der Waals surface area (Å²) in [6.07, 6.45) is 0.459. The zero-order chi connectivity index (χ0) is 16.0. The Balaban J connectivity index is 2.02. The van der Waals surface area contributed by atoms with Crippen molar-refractivity contribution in [1.29, 1.82) is 0 Å². The summed E-state index contributed by atoms with van der Waals surface area (Å²) in [7, 11) is -3.12. The van der Waals surface area contributed by atoms with E-state index in [-0.39, 0.29) is 11.7 Å². The van der Waals surface area contributed by atoms with Crippen LogP contribution in [0.25, 0.3) is 0 Å². The van der Waals surface area contributed by atoms with Crippen molar-refractivity contribution in [2.45, 2.75) is 38.9 Å². The SMILES string of the molecule is CCOP(=O)(OCC)[C@H](C)CC1=N[C@H](c2ccccc2)CO1. The minimum absolute atomic E-state index is 0.0157. The van der Waals surface area contributed by atoms with Gasteiger partial charge in [0.2, 0.25) is 0 Å². The molecule has 0 radical (unpaired) electrons. The molecule has 0 aliphatic carbocycles. The summed E-state index contributed by atoms with van der Waals surface area (Å²) in [5, 5.41) is 0. The molecule has 0 unspecified atom stereocenters. The van der Waals surface area contributed by atoms with Gasteiger partial charge in [-0.15, -0.1) is 0 Å². The molecule has 0 saturated heterocycles. The largest absolute Gasteiger partial charge is 0.478 e. The van der Waals surface area contributed by atoms with E-state index in [0.29, 0.717) is 32.1 Å². The highest BCUT2D eigenvalue weighted by Crippen LogP contribution is 2.54. The second-order valence-electron chi connectivity index (χ2n) is 5.19. The van der Waals surface area contributed by atoms with E-state index in [0.717, 1.165) is 5.56 Å². The zero-order valence-electron chi connectivity index (χ0n) is 13.4. The lowest BCUT2D eigenvalue weighted by Crippen LogP contribution is -2.15. The molecule has 5 nitrogen and oxygen atoms in total. The second-order valence-corrected chi connectivity index (χ2v) is 7.67. The summed E-state index contributed by atoms with van der Waals surface area (Å²) in [5.41, 5.74) is 0.851. The van der Waals surface area contributed by atoms with Gasteiger partial charge in [0.15, 0.2) is 5.90 Å². The fourth-order valence-electron chi connectivity index (χ4n) is 2.40. The third-order valence-electron chi connectivity index (χ3n) is 3.52. The Morgan fingerprint density at radius 1 is 1.27 bits per heavy atom. The van der Waals surface area contributed by atoms with Crippen LogP contribution in [0.2, 0.25) is 0 Å². The summed E-state index contributed by atoms with van der Waals surface area (Å²) < 4.78 is 29.1. The third kappa shape index (κ3) is 4.19. The summed E-state index contributed by atoms with van der Waals surface area (Å²) in [6.45, 7) is 6.73. The number of aliphatic imine (C=N–C) groups is 1. The van der Waals surface area contributed by atoms with Crippen molar-refractivity contribution in [3.05, 3.63) is 35.9 Å². The van der Waals surface area contributed by atoms with Crippen LogP contribution in [0, 0.1) is 0 Å². The highest BCUT2D eigenvalue weighted by atomic mass is 31.2. The lowest BCUT2D eigenvalue weighted by atomic mass is 10.1. The van der Waals surface area contributed by atoms with Crippen molar-refractivity contribution in [3.8, 4) is 0 Å². The molecule has 122 valence electrons. The first-order chi connectivity index (χ1) is 10.6. The van der Waals surface area contributed by atoms with E-state index >= 15 is 0 Å². The van der Waals surface area contributed by atoms with Gasteiger partial charge in [-0.3, -0.25) is 4.57 Å². The molecule has 0 bridgehead atoms. The molecule has 1 heterocycles. The van der Waals surface area contributed by atoms with Crippen LogP contribution in [0.5, 0.6) is 0 Å². The average molecular weight is 325 g/mol. The molecular formula is C16H24NO4P. The van der Waals surface area contributed by atoms with Crippen molar-refractivity contribution in [3.63, 3.8) is 0 Å². The molecule has 1 aliphatic rings. The Labute approximate surface area is 132 Å². The Bertz CT molecular complexity index is 536. The van der Waals surface area contributed by atoms with Gasteiger partial charge in [0.05, 0.1) is 18.9 Å². The van der Waals surface area contributed by atoms with Crippen LogP contribution in [0.15, 0.2) is 35.3 Å². The maximum absolute atomic E-state index is 12.7. The maximum Gasteiger partial charge on any atom is 0.333 e. The van der Waals surface area contributed by atoms with Crippen LogP contribution in [0.3, 0.4) is 0 Å². The molecule has 0 fully saturated rings. The Morgan fingerprint density at radius 3 is 2.50 bits per heavy atom. The number of hydrogen-bond acceptors (Lipinski definition) is 5. The molecule has 1 aliphatic heterocycles. The fourth-order valence-corrected chi connectivity index (χ4v) is 4.08. The quantitative estimate of drug-likeness (QED) is 0.672. The van der Waals surface area contributed by atoms with Crippen LogP contribution in [-0.4, -0.2) is 31.4 Å². The molecule has 0 N–H and O–H groups in total. The minimum Gasteiger partial charge on any atom is -0.478 e. The van der Waals surface area contributed by atoms with E-state index in [9.17, 15) is 4.57 Å². The smallest absolute Gasteiger partial charge is 0.333 e.